The fourth-order valence-electron chi connectivity index (χ4n) is 2.32. The van der Waals surface area contributed by atoms with Crippen molar-refractivity contribution < 1.29 is 0 Å². The van der Waals surface area contributed by atoms with Gasteiger partial charge in [-0.3, -0.25) is 4.99 Å². The van der Waals surface area contributed by atoms with Gasteiger partial charge >= 0.3 is 0 Å². The Morgan fingerprint density at radius 2 is 1.72 bits per heavy atom. The Kier molecular flexibility index (Phi) is 15.9. The van der Waals surface area contributed by atoms with Crippen molar-refractivity contribution in [3.05, 3.63) is 11.6 Å². The zero-order valence-corrected chi connectivity index (χ0v) is 13.8. The first-order valence-electron chi connectivity index (χ1n) is 8.15. The number of hydrogen-bond donors (Lipinski definition) is 0. The standard InChI is InChI=1S/C11H17N.3C2H6/c1-2-9-5-3-6-10-7-4-8-12-11(9)10;3*1-2/h7,9H,2-6,8H2,1H3;3*1-2H3. The highest BCUT2D eigenvalue weighted by atomic mass is 14.8. The lowest BCUT2D eigenvalue weighted by Gasteiger charge is -2.27. The summed E-state index contributed by atoms with van der Waals surface area (Å²) in [6.07, 6.45) is 8.89. The van der Waals surface area contributed by atoms with Gasteiger partial charge in [-0.2, -0.15) is 0 Å². The molecule has 0 aromatic carbocycles. The van der Waals surface area contributed by atoms with Gasteiger partial charge in [-0.05, 0) is 37.7 Å². The predicted octanol–water partition coefficient (Wildman–Crippen LogP) is 6.05. The molecule has 0 aromatic heterocycles. The summed E-state index contributed by atoms with van der Waals surface area (Å²) in [7, 11) is 0. The molecule has 0 N–H and O–H groups in total. The summed E-state index contributed by atoms with van der Waals surface area (Å²) in [5.41, 5.74) is 3.02. The lowest BCUT2D eigenvalue weighted by Crippen LogP contribution is -2.23. The molecule has 0 radical (unpaired) electrons. The van der Waals surface area contributed by atoms with Crippen molar-refractivity contribution in [2.75, 3.05) is 6.54 Å². The molecule has 1 unspecified atom stereocenters. The van der Waals surface area contributed by atoms with Crippen molar-refractivity contribution in [2.45, 2.75) is 80.6 Å². The van der Waals surface area contributed by atoms with E-state index >= 15 is 0 Å². The molecule has 1 fully saturated rings. The van der Waals surface area contributed by atoms with Crippen LogP contribution in [0.1, 0.15) is 80.6 Å². The van der Waals surface area contributed by atoms with E-state index in [9.17, 15) is 0 Å². The molecule has 1 nitrogen and oxygen atoms in total. The van der Waals surface area contributed by atoms with Gasteiger partial charge in [0.15, 0.2) is 0 Å². The molecule has 18 heavy (non-hydrogen) atoms. The third-order valence-corrected chi connectivity index (χ3v) is 3.01. The Balaban J connectivity index is 0. The first kappa shape index (κ1) is 19.7. The Morgan fingerprint density at radius 1 is 1.11 bits per heavy atom. The Morgan fingerprint density at radius 3 is 2.28 bits per heavy atom. The number of aliphatic imine (C=N–C) groups is 1. The Labute approximate surface area is 116 Å². The van der Waals surface area contributed by atoms with Crippen molar-refractivity contribution in [3.63, 3.8) is 0 Å². The van der Waals surface area contributed by atoms with Crippen LogP contribution in [0.3, 0.4) is 0 Å². The van der Waals surface area contributed by atoms with Crippen molar-refractivity contribution in [3.8, 4) is 0 Å². The van der Waals surface area contributed by atoms with E-state index < -0.39 is 0 Å². The maximum absolute atomic E-state index is 4.65. The molecule has 0 aromatic rings. The smallest absolute Gasteiger partial charge is 0.0427 e. The van der Waals surface area contributed by atoms with Crippen molar-refractivity contribution in [1.29, 1.82) is 0 Å². The summed E-state index contributed by atoms with van der Waals surface area (Å²) in [4.78, 5) is 4.65. The second-order valence-electron chi connectivity index (χ2n) is 3.78. The third kappa shape index (κ3) is 6.37. The summed E-state index contributed by atoms with van der Waals surface area (Å²) in [5, 5.41) is 0. The minimum atomic E-state index is 0.783. The van der Waals surface area contributed by atoms with E-state index in [4.69, 9.17) is 0 Å². The molecule has 108 valence electrons. The Hall–Kier alpha value is -0.590. The number of nitrogens with zero attached hydrogens (tertiary/aromatic N) is 1. The SMILES string of the molecule is CC.CC.CC.CCC1CCCC2=CCCN=C21. The molecule has 0 amide bonds. The van der Waals surface area contributed by atoms with Gasteiger partial charge in [-0.25, -0.2) is 0 Å². The van der Waals surface area contributed by atoms with E-state index in [2.05, 4.69) is 18.0 Å². The number of hydrogen-bond acceptors (Lipinski definition) is 1. The molecule has 1 heteroatoms. The first-order valence-corrected chi connectivity index (χ1v) is 8.15. The number of allylic oxidation sites excluding steroid dienone is 1. The molecule has 1 aliphatic carbocycles. The minimum absolute atomic E-state index is 0.783. The highest BCUT2D eigenvalue weighted by Crippen LogP contribution is 2.30. The van der Waals surface area contributed by atoms with Crippen LogP contribution in [0.4, 0.5) is 0 Å². The molecule has 0 bridgehead atoms. The van der Waals surface area contributed by atoms with E-state index in [1.807, 2.05) is 41.5 Å². The van der Waals surface area contributed by atoms with Crippen LogP contribution < -0.4 is 0 Å². The first-order chi connectivity index (χ1) is 8.92. The average molecular weight is 253 g/mol. The molecule has 0 saturated heterocycles. The maximum Gasteiger partial charge on any atom is 0.0427 e. The lowest BCUT2D eigenvalue weighted by atomic mass is 9.81. The number of dihydropyridines is 1. The predicted molar refractivity (Wildman–Crippen MR) is 86.7 cm³/mol. The van der Waals surface area contributed by atoms with Gasteiger partial charge in [0, 0.05) is 18.2 Å². The highest BCUT2D eigenvalue weighted by molar-refractivity contribution is 6.02. The monoisotopic (exact) mass is 253 g/mol. The van der Waals surface area contributed by atoms with Crippen LogP contribution in [0.25, 0.3) is 0 Å². The molecular formula is C17H35N. The van der Waals surface area contributed by atoms with Gasteiger partial charge in [0.05, 0.1) is 0 Å². The molecule has 1 aliphatic heterocycles. The summed E-state index contributed by atoms with van der Waals surface area (Å²) >= 11 is 0. The fraction of sp³-hybridized carbons (Fsp3) is 0.824. The fourth-order valence-corrected chi connectivity index (χ4v) is 2.32. The van der Waals surface area contributed by atoms with E-state index in [-0.39, 0.29) is 0 Å². The maximum atomic E-state index is 4.65. The van der Waals surface area contributed by atoms with Gasteiger partial charge in [0.1, 0.15) is 0 Å². The minimum Gasteiger partial charge on any atom is -0.289 e. The van der Waals surface area contributed by atoms with Crippen LogP contribution in [0.15, 0.2) is 16.6 Å². The van der Waals surface area contributed by atoms with Gasteiger partial charge < -0.3 is 0 Å². The van der Waals surface area contributed by atoms with Gasteiger partial charge in [-0.1, -0.05) is 54.5 Å². The molecule has 2 rings (SSSR count). The van der Waals surface area contributed by atoms with Crippen LogP contribution in [-0.4, -0.2) is 12.3 Å². The van der Waals surface area contributed by atoms with Gasteiger partial charge in [0.2, 0.25) is 0 Å². The van der Waals surface area contributed by atoms with Crippen molar-refractivity contribution in [2.24, 2.45) is 10.9 Å². The van der Waals surface area contributed by atoms with E-state index in [0.717, 1.165) is 12.5 Å². The molecule has 2 aliphatic rings. The zero-order chi connectivity index (χ0) is 14.4. The molecule has 1 heterocycles. The summed E-state index contributed by atoms with van der Waals surface area (Å²) in [6.45, 7) is 15.3. The van der Waals surface area contributed by atoms with Gasteiger partial charge in [0.25, 0.3) is 0 Å². The summed E-state index contributed by atoms with van der Waals surface area (Å²) in [5.74, 6) is 0.783. The Bertz CT molecular complexity index is 226. The zero-order valence-electron chi connectivity index (χ0n) is 13.8. The average Bonchev–Trinajstić information content (AvgIpc) is 2.52. The number of fused-ring (bicyclic) bond motifs is 1. The van der Waals surface area contributed by atoms with Crippen LogP contribution in [-0.2, 0) is 0 Å². The quantitative estimate of drug-likeness (QED) is 0.539. The van der Waals surface area contributed by atoms with E-state index in [0.29, 0.717) is 0 Å². The van der Waals surface area contributed by atoms with Crippen LogP contribution >= 0.6 is 0 Å². The third-order valence-electron chi connectivity index (χ3n) is 3.01. The molecule has 1 saturated carbocycles. The molecular weight excluding hydrogens is 218 g/mol. The van der Waals surface area contributed by atoms with Crippen LogP contribution in [0, 0.1) is 5.92 Å². The summed E-state index contributed by atoms with van der Waals surface area (Å²) < 4.78 is 0. The molecule has 1 atom stereocenters. The highest BCUT2D eigenvalue weighted by Gasteiger charge is 2.23. The largest absolute Gasteiger partial charge is 0.289 e. The molecule has 0 spiro atoms. The summed E-state index contributed by atoms with van der Waals surface area (Å²) in [6, 6.07) is 0. The second-order valence-corrected chi connectivity index (χ2v) is 3.78. The van der Waals surface area contributed by atoms with Gasteiger partial charge in [-0.15, -0.1) is 0 Å². The van der Waals surface area contributed by atoms with E-state index in [1.165, 1.54) is 37.8 Å². The number of rotatable bonds is 1. The van der Waals surface area contributed by atoms with Crippen LogP contribution in [0.5, 0.6) is 0 Å². The van der Waals surface area contributed by atoms with Crippen molar-refractivity contribution in [1.82, 2.24) is 0 Å². The van der Waals surface area contributed by atoms with Crippen molar-refractivity contribution >= 4 is 5.71 Å². The topological polar surface area (TPSA) is 12.4 Å². The van der Waals surface area contributed by atoms with Crippen LogP contribution in [0.2, 0.25) is 0 Å². The lowest BCUT2D eigenvalue weighted by molar-refractivity contribution is 0.543. The normalized spacial score (nSPS) is 20.3. The van der Waals surface area contributed by atoms with E-state index in [1.54, 1.807) is 5.57 Å². The second kappa shape index (κ2) is 14.5.